The zero-order valence-corrected chi connectivity index (χ0v) is 21.0. The minimum Gasteiger partial charge on any atom is -0.487 e. The number of fused-ring (bicyclic) bond motifs is 1. The van der Waals surface area contributed by atoms with Crippen LogP contribution in [0.2, 0.25) is 0 Å². The number of hydrogen-bond donors (Lipinski definition) is 2. The van der Waals surface area contributed by atoms with E-state index >= 15 is 0 Å². The van der Waals surface area contributed by atoms with Crippen LogP contribution in [0.5, 0.6) is 5.75 Å². The lowest BCUT2D eigenvalue weighted by Crippen LogP contribution is -2.49. The first kappa shape index (κ1) is 26.2. The lowest BCUT2D eigenvalue weighted by atomic mass is 10.0. The Morgan fingerprint density at radius 2 is 1.91 bits per heavy atom. The fourth-order valence-corrected chi connectivity index (χ4v) is 5.80. The molecule has 1 aliphatic rings. The number of rotatable bonds is 6. The molecule has 0 amide bonds. The molecule has 2 aromatic carbocycles. The van der Waals surface area contributed by atoms with Gasteiger partial charge in [-0.2, -0.15) is 4.31 Å². The molecule has 3 rings (SSSR count). The molecule has 184 valence electrons. The number of ether oxygens (including phenoxy) is 1. The summed E-state index contributed by atoms with van der Waals surface area (Å²) in [4.78, 5) is 2.21. The largest absolute Gasteiger partial charge is 0.487 e. The van der Waals surface area contributed by atoms with Crippen molar-refractivity contribution in [3.8, 4) is 17.6 Å². The highest BCUT2D eigenvalue weighted by molar-refractivity contribution is 7.89. The average molecular weight is 487 g/mol. The quantitative estimate of drug-likeness (QED) is 0.609. The monoisotopic (exact) mass is 486 g/mol. The summed E-state index contributed by atoms with van der Waals surface area (Å²) < 4.78 is 34.8. The summed E-state index contributed by atoms with van der Waals surface area (Å²) in [6.45, 7) is 6.50. The SMILES string of the molecule is C[C@H](O)C#Cc1ccc2c(c1)O[C@H](CN(C)Cc1ccccc1)[C@@H](C)CN([C@@H](C)CO)S2(=O)=O. The van der Waals surface area contributed by atoms with Crippen LogP contribution < -0.4 is 4.74 Å². The molecule has 8 heteroatoms. The standard InChI is InChI=1S/C26H34N2O5S/c1-19-15-28(20(2)18-29)34(31,32)26-13-12-22(11-10-21(3)30)14-24(26)33-25(19)17-27(4)16-23-8-6-5-7-9-23/h5-9,12-14,19-21,25,29-30H,15-18H2,1-4H3/t19-,20-,21-,25+/m0/s1. The second kappa shape index (κ2) is 11.3. The summed E-state index contributed by atoms with van der Waals surface area (Å²) in [6.07, 6.45) is -1.09. The Labute approximate surface area is 203 Å². The van der Waals surface area contributed by atoms with Gasteiger partial charge in [0.25, 0.3) is 0 Å². The van der Waals surface area contributed by atoms with E-state index in [1.165, 1.54) is 15.9 Å². The smallest absolute Gasteiger partial charge is 0.247 e. The molecule has 4 atom stereocenters. The molecular weight excluding hydrogens is 452 g/mol. The van der Waals surface area contributed by atoms with E-state index < -0.39 is 22.2 Å². The van der Waals surface area contributed by atoms with Gasteiger partial charge in [0.2, 0.25) is 10.0 Å². The summed E-state index contributed by atoms with van der Waals surface area (Å²) in [6, 6.07) is 14.3. The maximum Gasteiger partial charge on any atom is 0.247 e. The number of aliphatic hydroxyl groups is 2. The molecule has 7 nitrogen and oxygen atoms in total. The summed E-state index contributed by atoms with van der Waals surface area (Å²) >= 11 is 0. The Kier molecular flexibility index (Phi) is 8.74. The van der Waals surface area contributed by atoms with Gasteiger partial charge < -0.3 is 14.9 Å². The predicted octanol–water partition coefficient (Wildman–Crippen LogP) is 2.32. The Balaban J connectivity index is 1.99. The average Bonchev–Trinajstić information content (AvgIpc) is 2.80. The molecule has 0 unspecified atom stereocenters. The van der Waals surface area contributed by atoms with Crippen molar-refractivity contribution in [2.24, 2.45) is 5.92 Å². The number of aliphatic hydroxyl groups excluding tert-OH is 2. The van der Waals surface area contributed by atoms with E-state index in [4.69, 9.17) is 4.74 Å². The molecule has 2 aromatic rings. The molecule has 0 bridgehead atoms. The van der Waals surface area contributed by atoms with Crippen molar-refractivity contribution in [2.75, 3.05) is 26.7 Å². The molecule has 34 heavy (non-hydrogen) atoms. The highest BCUT2D eigenvalue weighted by atomic mass is 32.2. The number of nitrogens with zero attached hydrogens (tertiary/aromatic N) is 2. The van der Waals surface area contributed by atoms with Gasteiger partial charge in [-0.25, -0.2) is 8.42 Å². The van der Waals surface area contributed by atoms with Gasteiger partial charge in [0.1, 0.15) is 22.9 Å². The third-order valence-corrected chi connectivity index (χ3v) is 7.90. The molecule has 0 fully saturated rings. The minimum absolute atomic E-state index is 0.0537. The highest BCUT2D eigenvalue weighted by Gasteiger charge is 2.38. The van der Waals surface area contributed by atoms with Gasteiger partial charge >= 0.3 is 0 Å². The zero-order chi connectivity index (χ0) is 24.9. The summed E-state index contributed by atoms with van der Waals surface area (Å²) in [5, 5.41) is 19.3. The third-order valence-electron chi connectivity index (χ3n) is 5.88. The van der Waals surface area contributed by atoms with E-state index in [1.54, 1.807) is 26.0 Å². The molecule has 0 saturated carbocycles. The molecule has 2 N–H and O–H groups in total. The maximum absolute atomic E-state index is 13.5. The van der Waals surface area contributed by atoms with Gasteiger partial charge in [-0.3, -0.25) is 4.90 Å². The maximum atomic E-state index is 13.5. The van der Waals surface area contributed by atoms with E-state index in [-0.39, 0.29) is 35.8 Å². The van der Waals surface area contributed by atoms with Gasteiger partial charge in [0, 0.05) is 37.2 Å². The van der Waals surface area contributed by atoms with E-state index in [0.29, 0.717) is 12.1 Å². The van der Waals surface area contributed by atoms with E-state index in [2.05, 4.69) is 28.9 Å². The normalized spacial score (nSPS) is 21.9. The van der Waals surface area contributed by atoms with Crippen LogP contribution in [-0.4, -0.2) is 72.8 Å². The number of hydrogen-bond acceptors (Lipinski definition) is 6. The van der Waals surface area contributed by atoms with Crippen molar-refractivity contribution in [1.29, 1.82) is 0 Å². The van der Waals surface area contributed by atoms with Crippen molar-refractivity contribution in [3.63, 3.8) is 0 Å². The second-order valence-electron chi connectivity index (χ2n) is 9.03. The molecule has 0 saturated heterocycles. The summed E-state index contributed by atoms with van der Waals surface area (Å²) in [7, 11) is -1.89. The van der Waals surface area contributed by atoms with Crippen LogP contribution in [0.15, 0.2) is 53.4 Å². The summed E-state index contributed by atoms with van der Waals surface area (Å²) in [5.74, 6) is 5.64. The van der Waals surface area contributed by atoms with Crippen LogP contribution in [0.25, 0.3) is 0 Å². The Bertz CT molecular complexity index is 1120. The predicted molar refractivity (Wildman–Crippen MR) is 132 cm³/mol. The lowest BCUT2D eigenvalue weighted by Gasteiger charge is -2.37. The lowest BCUT2D eigenvalue weighted by molar-refractivity contribution is 0.0733. The molecule has 0 aliphatic carbocycles. The minimum atomic E-state index is -3.90. The van der Waals surface area contributed by atoms with Crippen LogP contribution in [0.1, 0.15) is 31.9 Å². The fourth-order valence-electron chi connectivity index (χ4n) is 3.98. The molecule has 0 aromatic heterocycles. The first-order valence-corrected chi connectivity index (χ1v) is 12.9. The molecule has 0 spiro atoms. The molecule has 0 radical (unpaired) electrons. The van der Waals surface area contributed by atoms with Gasteiger partial charge in [-0.1, -0.05) is 49.1 Å². The Morgan fingerprint density at radius 3 is 2.56 bits per heavy atom. The van der Waals surface area contributed by atoms with Crippen LogP contribution >= 0.6 is 0 Å². The van der Waals surface area contributed by atoms with Crippen LogP contribution in [-0.2, 0) is 16.6 Å². The Morgan fingerprint density at radius 1 is 1.21 bits per heavy atom. The van der Waals surface area contributed by atoms with E-state index in [0.717, 1.165) is 6.54 Å². The van der Waals surface area contributed by atoms with Crippen LogP contribution in [0.3, 0.4) is 0 Å². The first-order chi connectivity index (χ1) is 16.1. The van der Waals surface area contributed by atoms with Crippen molar-refractivity contribution in [1.82, 2.24) is 9.21 Å². The van der Waals surface area contributed by atoms with Gasteiger partial charge in [0.05, 0.1) is 6.61 Å². The third kappa shape index (κ3) is 6.38. The molecule has 1 heterocycles. The first-order valence-electron chi connectivity index (χ1n) is 11.5. The van der Waals surface area contributed by atoms with Gasteiger partial charge in [0.15, 0.2) is 0 Å². The van der Waals surface area contributed by atoms with Crippen molar-refractivity contribution >= 4 is 10.0 Å². The zero-order valence-electron chi connectivity index (χ0n) is 20.2. The van der Waals surface area contributed by atoms with Crippen LogP contribution in [0, 0.1) is 17.8 Å². The van der Waals surface area contributed by atoms with Crippen molar-refractivity contribution in [2.45, 2.75) is 50.5 Å². The van der Waals surface area contributed by atoms with E-state index in [1.807, 2.05) is 32.2 Å². The Hall–Kier alpha value is -2.41. The fraction of sp³-hybridized carbons (Fsp3) is 0.462. The van der Waals surface area contributed by atoms with Gasteiger partial charge in [-0.05, 0) is 44.7 Å². The van der Waals surface area contributed by atoms with E-state index in [9.17, 15) is 18.6 Å². The number of sulfonamides is 1. The topological polar surface area (TPSA) is 90.3 Å². The van der Waals surface area contributed by atoms with Crippen molar-refractivity contribution < 1.29 is 23.4 Å². The second-order valence-corrected chi connectivity index (χ2v) is 10.9. The van der Waals surface area contributed by atoms with Crippen molar-refractivity contribution in [3.05, 3.63) is 59.7 Å². The number of benzene rings is 2. The molecule has 1 aliphatic heterocycles. The highest BCUT2D eigenvalue weighted by Crippen LogP contribution is 2.34. The number of likely N-dealkylation sites (N-methyl/N-ethyl adjacent to an activating group) is 1. The van der Waals surface area contributed by atoms with Gasteiger partial charge in [-0.15, -0.1) is 0 Å². The molecular formula is C26H34N2O5S. The van der Waals surface area contributed by atoms with Crippen LogP contribution in [0.4, 0.5) is 0 Å². The summed E-state index contributed by atoms with van der Waals surface area (Å²) in [5.41, 5.74) is 1.74.